The van der Waals surface area contributed by atoms with E-state index in [0.29, 0.717) is 6.61 Å². The van der Waals surface area contributed by atoms with Crippen LogP contribution in [0.25, 0.3) is 0 Å². The molecule has 3 heteroatoms. The van der Waals surface area contributed by atoms with E-state index in [1.54, 1.807) is 0 Å². The van der Waals surface area contributed by atoms with Crippen LogP contribution in [0, 0.1) is 0 Å². The van der Waals surface area contributed by atoms with Crippen molar-refractivity contribution in [2.75, 3.05) is 26.8 Å². The summed E-state index contributed by atoms with van der Waals surface area (Å²) in [6, 6.07) is 0. The van der Waals surface area contributed by atoms with Gasteiger partial charge >= 0.3 is 0 Å². The molecule has 3 nitrogen and oxygen atoms in total. The van der Waals surface area contributed by atoms with Gasteiger partial charge in [0.15, 0.2) is 0 Å². The number of ether oxygens (including phenoxy) is 1. The quantitative estimate of drug-likeness (QED) is 0.452. The van der Waals surface area contributed by atoms with Crippen molar-refractivity contribution in [2.24, 2.45) is 5.73 Å². The Kier molecular flexibility index (Phi) is 1.83. The molecule has 0 spiro atoms. The maximum absolute atomic E-state index is 5.58. The maximum Gasteiger partial charge on any atom is 0.0811 e. The lowest BCUT2D eigenvalue weighted by Gasteiger charge is -2.28. The van der Waals surface area contributed by atoms with E-state index in [2.05, 4.69) is 4.90 Å². The van der Waals surface area contributed by atoms with E-state index in [-0.39, 0.29) is 6.17 Å². The van der Waals surface area contributed by atoms with Gasteiger partial charge in [0.1, 0.15) is 0 Å². The van der Waals surface area contributed by atoms with E-state index < -0.39 is 0 Å². The number of hydrogen-bond acceptors (Lipinski definition) is 3. The zero-order chi connectivity index (χ0) is 5.98. The Morgan fingerprint density at radius 1 is 1.75 bits per heavy atom. The minimum atomic E-state index is 0.115. The standard InChI is InChI=1S/C5H12N2O/c1-7-2-3-8-4-5(7)6/h5H,2-4,6H2,1H3. The smallest absolute Gasteiger partial charge is 0.0811 e. The molecule has 1 aliphatic rings. The van der Waals surface area contributed by atoms with Gasteiger partial charge in [-0.3, -0.25) is 4.90 Å². The topological polar surface area (TPSA) is 38.5 Å². The van der Waals surface area contributed by atoms with Crippen molar-refractivity contribution in [3.8, 4) is 0 Å². The Labute approximate surface area is 49.4 Å². The van der Waals surface area contributed by atoms with Crippen molar-refractivity contribution in [1.82, 2.24) is 4.90 Å². The van der Waals surface area contributed by atoms with Gasteiger partial charge in [-0.2, -0.15) is 0 Å². The fourth-order valence-electron chi connectivity index (χ4n) is 0.706. The van der Waals surface area contributed by atoms with Crippen molar-refractivity contribution in [3.05, 3.63) is 0 Å². The number of rotatable bonds is 0. The Bertz CT molecular complexity index is 66.8. The summed E-state index contributed by atoms with van der Waals surface area (Å²) in [6.07, 6.45) is 0.115. The van der Waals surface area contributed by atoms with Gasteiger partial charge in [0.05, 0.1) is 19.4 Å². The lowest BCUT2D eigenvalue weighted by Crippen LogP contribution is -2.48. The monoisotopic (exact) mass is 116 g/mol. The van der Waals surface area contributed by atoms with E-state index in [0.717, 1.165) is 13.2 Å². The van der Waals surface area contributed by atoms with Crippen molar-refractivity contribution < 1.29 is 4.74 Å². The van der Waals surface area contributed by atoms with Crippen LogP contribution >= 0.6 is 0 Å². The largest absolute Gasteiger partial charge is 0.377 e. The Morgan fingerprint density at radius 2 is 2.50 bits per heavy atom. The summed E-state index contributed by atoms with van der Waals surface area (Å²) in [4.78, 5) is 2.09. The predicted molar refractivity (Wildman–Crippen MR) is 31.4 cm³/mol. The molecule has 0 amide bonds. The maximum atomic E-state index is 5.58. The van der Waals surface area contributed by atoms with Gasteiger partial charge in [-0.25, -0.2) is 0 Å². The molecule has 1 fully saturated rings. The zero-order valence-corrected chi connectivity index (χ0v) is 5.13. The lowest BCUT2D eigenvalue weighted by atomic mass is 10.4. The van der Waals surface area contributed by atoms with Gasteiger partial charge in [-0.15, -0.1) is 0 Å². The van der Waals surface area contributed by atoms with Crippen molar-refractivity contribution >= 4 is 0 Å². The third-order valence-corrected chi connectivity index (χ3v) is 1.44. The van der Waals surface area contributed by atoms with Crippen LogP contribution in [0.3, 0.4) is 0 Å². The molecule has 0 saturated carbocycles. The first-order chi connectivity index (χ1) is 3.80. The third-order valence-electron chi connectivity index (χ3n) is 1.44. The minimum absolute atomic E-state index is 0.115. The van der Waals surface area contributed by atoms with E-state index >= 15 is 0 Å². The molecule has 48 valence electrons. The first-order valence-electron chi connectivity index (χ1n) is 2.84. The zero-order valence-electron chi connectivity index (χ0n) is 5.13. The number of likely N-dealkylation sites (N-methyl/N-ethyl adjacent to an activating group) is 1. The minimum Gasteiger partial charge on any atom is -0.377 e. The van der Waals surface area contributed by atoms with Gasteiger partial charge in [0, 0.05) is 6.54 Å². The highest BCUT2D eigenvalue weighted by molar-refractivity contribution is 4.64. The molecule has 0 aromatic heterocycles. The van der Waals surface area contributed by atoms with E-state index in [4.69, 9.17) is 10.5 Å². The van der Waals surface area contributed by atoms with Gasteiger partial charge in [0.2, 0.25) is 0 Å². The highest BCUT2D eigenvalue weighted by Gasteiger charge is 2.13. The second kappa shape index (κ2) is 2.44. The molecular weight excluding hydrogens is 104 g/mol. The Balaban J connectivity index is 2.28. The highest BCUT2D eigenvalue weighted by atomic mass is 16.5. The molecule has 1 rings (SSSR count). The summed E-state index contributed by atoms with van der Waals surface area (Å²) in [5.41, 5.74) is 5.58. The summed E-state index contributed by atoms with van der Waals surface area (Å²) < 4.78 is 5.09. The molecule has 0 bridgehead atoms. The van der Waals surface area contributed by atoms with E-state index in [1.165, 1.54) is 0 Å². The fraction of sp³-hybridized carbons (Fsp3) is 1.00. The van der Waals surface area contributed by atoms with Crippen LogP contribution in [0.15, 0.2) is 0 Å². The molecule has 0 aliphatic carbocycles. The van der Waals surface area contributed by atoms with E-state index in [1.807, 2.05) is 7.05 Å². The van der Waals surface area contributed by atoms with Crippen LogP contribution in [0.4, 0.5) is 0 Å². The Hall–Kier alpha value is -0.120. The van der Waals surface area contributed by atoms with Crippen LogP contribution in [0.5, 0.6) is 0 Å². The predicted octanol–water partition coefficient (Wildman–Crippen LogP) is -0.767. The average Bonchev–Trinajstić information content (AvgIpc) is 1.77. The number of nitrogens with two attached hydrogens (primary N) is 1. The molecule has 1 atom stereocenters. The Morgan fingerprint density at radius 3 is 2.88 bits per heavy atom. The van der Waals surface area contributed by atoms with Crippen LogP contribution < -0.4 is 5.73 Å². The molecule has 1 unspecified atom stereocenters. The second-order valence-corrected chi connectivity index (χ2v) is 2.12. The number of hydrogen-bond donors (Lipinski definition) is 1. The van der Waals surface area contributed by atoms with Crippen LogP contribution in [0.1, 0.15) is 0 Å². The van der Waals surface area contributed by atoms with Crippen molar-refractivity contribution in [1.29, 1.82) is 0 Å². The van der Waals surface area contributed by atoms with Crippen molar-refractivity contribution in [2.45, 2.75) is 6.17 Å². The highest BCUT2D eigenvalue weighted by Crippen LogP contribution is 1.95. The SMILES string of the molecule is CN1CCOCC1N. The van der Waals surface area contributed by atoms with E-state index in [9.17, 15) is 0 Å². The molecule has 1 saturated heterocycles. The van der Waals surface area contributed by atoms with Crippen LogP contribution in [0.2, 0.25) is 0 Å². The van der Waals surface area contributed by atoms with Crippen LogP contribution in [-0.4, -0.2) is 37.9 Å². The van der Waals surface area contributed by atoms with Gasteiger partial charge in [-0.1, -0.05) is 0 Å². The molecular formula is C5H12N2O. The van der Waals surface area contributed by atoms with Gasteiger partial charge < -0.3 is 10.5 Å². The fourth-order valence-corrected chi connectivity index (χ4v) is 0.706. The summed E-state index contributed by atoms with van der Waals surface area (Å²) in [5, 5.41) is 0. The molecule has 8 heavy (non-hydrogen) atoms. The van der Waals surface area contributed by atoms with Crippen LogP contribution in [-0.2, 0) is 4.74 Å². The molecule has 2 N–H and O–H groups in total. The first kappa shape index (κ1) is 6.01. The summed E-state index contributed by atoms with van der Waals surface area (Å²) in [7, 11) is 2.01. The van der Waals surface area contributed by atoms with Crippen molar-refractivity contribution in [3.63, 3.8) is 0 Å². The van der Waals surface area contributed by atoms with Gasteiger partial charge in [-0.05, 0) is 7.05 Å². The summed E-state index contributed by atoms with van der Waals surface area (Å²) in [5.74, 6) is 0. The summed E-state index contributed by atoms with van der Waals surface area (Å²) >= 11 is 0. The molecule has 0 aromatic rings. The molecule has 1 heterocycles. The molecule has 1 aliphatic heterocycles. The summed E-state index contributed by atoms with van der Waals surface area (Å²) in [6.45, 7) is 2.46. The normalized spacial score (nSPS) is 33.0. The molecule has 0 aromatic carbocycles. The number of nitrogens with zero attached hydrogens (tertiary/aromatic N) is 1. The first-order valence-corrected chi connectivity index (χ1v) is 2.84. The van der Waals surface area contributed by atoms with Gasteiger partial charge in [0.25, 0.3) is 0 Å². The lowest BCUT2D eigenvalue weighted by molar-refractivity contribution is 0.00846. The average molecular weight is 116 g/mol. The number of morpholine rings is 1. The third kappa shape index (κ3) is 1.18. The second-order valence-electron chi connectivity index (χ2n) is 2.12. The molecule has 0 radical (unpaired) electrons.